The summed E-state index contributed by atoms with van der Waals surface area (Å²) in [4.78, 5) is 25.3. The van der Waals surface area contributed by atoms with E-state index in [2.05, 4.69) is 25.2 Å². The van der Waals surface area contributed by atoms with Gasteiger partial charge in [-0.15, -0.1) is 5.10 Å². The highest BCUT2D eigenvalue weighted by Crippen LogP contribution is 2.24. The van der Waals surface area contributed by atoms with Crippen molar-refractivity contribution in [3.05, 3.63) is 66.2 Å². The Labute approximate surface area is 183 Å². The van der Waals surface area contributed by atoms with Crippen molar-refractivity contribution >= 4 is 22.9 Å². The van der Waals surface area contributed by atoms with Crippen molar-refractivity contribution in [3.63, 3.8) is 0 Å². The molecular formula is C22H20FN7O2. The summed E-state index contributed by atoms with van der Waals surface area (Å²) in [5.74, 6) is 0.968. The molecular weight excluding hydrogens is 413 g/mol. The summed E-state index contributed by atoms with van der Waals surface area (Å²) in [6, 6.07) is 13.1. The summed E-state index contributed by atoms with van der Waals surface area (Å²) in [6.45, 7) is 2.23. The molecule has 1 saturated heterocycles. The topological polar surface area (TPSA) is 89.3 Å². The number of fused-ring (bicyclic) bond motifs is 1. The molecule has 1 amide bonds. The van der Waals surface area contributed by atoms with E-state index in [1.807, 2.05) is 24.3 Å². The molecule has 0 N–H and O–H groups in total. The van der Waals surface area contributed by atoms with Gasteiger partial charge in [0.2, 0.25) is 0 Å². The molecule has 1 aliphatic rings. The highest BCUT2D eigenvalue weighted by atomic mass is 19.1. The number of benzene rings is 2. The fourth-order valence-corrected chi connectivity index (χ4v) is 3.76. The number of piperazine rings is 1. The minimum atomic E-state index is -0.359. The zero-order valence-electron chi connectivity index (χ0n) is 17.3. The largest absolute Gasteiger partial charge is 0.497 e. The monoisotopic (exact) mass is 433 g/mol. The average molecular weight is 433 g/mol. The van der Waals surface area contributed by atoms with Crippen LogP contribution in [0.2, 0.25) is 0 Å². The van der Waals surface area contributed by atoms with E-state index in [0.29, 0.717) is 48.7 Å². The second-order valence-corrected chi connectivity index (χ2v) is 7.35. The zero-order chi connectivity index (χ0) is 22.1. The quantitative estimate of drug-likeness (QED) is 0.488. The number of hydrogen-bond acceptors (Lipinski definition) is 7. The van der Waals surface area contributed by atoms with Gasteiger partial charge < -0.3 is 14.5 Å². The molecule has 0 atom stereocenters. The SMILES string of the molecule is COc1ccc(-n2nnc3c(N4CCN(C(=O)c5ccc(F)cc5)CC4)ncnc32)cc1. The molecule has 0 radical (unpaired) electrons. The molecule has 1 aliphatic heterocycles. The molecule has 0 saturated carbocycles. The van der Waals surface area contributed by atoms with Crippen LogP contribution in [-0.2, 0) is 0 Å². The predicted octanol–water partition coefficient (Wildman–Crippen LogP) is 2.32. The molecule has 10 heteroatoms. The van der Waals surface area contributed by atoms with Crippen molar-refractivity contribution in [2.45, 2.75) is 0 Å². The van der Waals surface area contributed by atoms with Gasteiger partial charge in [0.1, 0.15) is 17.9 Å². The van der Waals surface area contributed by atoms with Crippen LogP contribution < -0.4 is 9.64 Å². The van der Waals surface area contributed by atoms with Crippen molar-refractivity contribution in [3.8, 4) is 11.4 Å². The first-order chi connectivity index (χ1) is 15.6. The number of methoxy groups -OCH3 is 1. The Morgan fingerprint density at radius 3 is 2.38 bits per heavy atom. The lowest BCUT2D eigenvalue weighted by atomic mass is 10.2. The van der Waals surface area contributed by atoms with Crippen LogP contribution in [0.4, 0.5) is 10.2 Å². The maximum absolute atomic E-state index is 13.1. The van der Waals surface area contributed by atoms with Gasteiger partial charge in [-0.1, -0.05) is 5.21 Å². The molecule has 0 unspecified atom stereocenters. The van der Waals surface area contributed by atoms with Gasteiger partial charge in [-0.05, 0) is 48.5 Å². The Kier molecular flexibility index (Phi) is 5.10. The van der Waals surface area contributed by atoms with Crippen LogP contribution in [-0.4, -0.2) is 69.1 Å². The highest BCUT2D eigenvalue weighted by Gasteiger charge is 2.25. The van der Waals surface area contributed by atoms with Gasteiger partial charge in [0, 0.05) is 31.7 Å². The number of nitrogens with zero attached hydrogens (tertiary/aromatic N) is 7. The first-order valence-corrected chi connectivity index (χ1v) is 10.1. The number of carbonyl (C=O) groups excluding carboxylic acids is 1. The maximum atomic E-state index is 13.1. The molecule has 2 aromatic carbocycles. The van der Waals surface area contributed by atoms with Gasteiger partial charge in [0.25, 0.3) is 5.91 Å². The van der Waals surface area contributed by atoms with Crippen LogP contribution in [0.15, 0.2) is 54.9 Å². The van der Waals surface area contributed by atoms with Crippen LogP contribution >= 0.6 is 0 Å². The summed E-state index contributed by atoms with van der Waals surface area (Å²) in [7, 11) is 1.62. The summed E-state index contributed by atoms with van der Waals surface area (Å²) in [5.41, 5.74) is 2.49. The molecule has 0 spiro atoms. The lowest BCUT2D eigenvalue weighted by Crippen LogP contribution is -2.49. The smallest absolute Gasteiger partial charge is 0.253 e. The normalized spacial score (nSPS) is 14.1. The third kappa shape index (κ3) is 3.59. The van der Waals surface area contributed by atoms with Gasteiger partial charge in [-0.3, -0.25) is 4.79 Å². The first-order valence-electron chi connectivity index (χ1n) is 10.1. The Hall–Kier alpha value is -4.08. The number of aromatic nitrogens is 5. The molecule has 9 nitrogen and oxygen atoms in total. The number of ether oxygens (including phenoxy) is 1. The molecule has 4 aromatic rings. The average Bonchev–Trinajstić information content (AvgIpc) is 3.29. The number of amides is 1. The Balaban J connectivity index is 1.35. The third-order valence-corrected chi connectivity index (χ3v) is 5.49. The summed E-state index contributed by atoms with van der Waals surface area (Å²) in [5, 5.41) is 8.59. The van der Waals surface area contributed by atoms with Gasteiger partial charge in [0.05, 0.1) is 12.8 Å². The number of halogens is 1. The van der Waals surface area contributed by atoms with E-state index >= 15 is 0 Å². The van der Waals surface area contributed by atoms with E-state index in [9.17, 15) is 9.18 Å². The molecule has 0 bridgehead atoms. The lowest BCUT2D eigenvalue weighted by Gasteiger charge is -2.35. The maximum Gasteiger partial charge on any atom is 0.253 e. The standard InChI is InChI=1S/C22H20FN7O2/c1-32-18-8-6-17(7-9-18)30-21-19(26-27-30)20(24-14-25-21)28-10-12-29(13-11-28)22(31)15-2-4-16(23)5-3-15/h2-9,14H,10-13H2,1H3. The van der Waals surface area contributed by atoms with Gasteiger partial charge >= 0.3 is 0 Å². The van der Waals surface area contributed by atoms with E-state index < -0.39 is 0 Å². The molecule has 162 valence electrons. The van der Waals surface area contributed by atoms with Gasteiger partial charge in [-0.2, -0.15) is 4.68 Å². The third-order valence-electron chi connectivity index (χ3n) is 5.49. The number of hydrogen-bond donors (Lipinski definition) is 0. The van der Waals surface area contributed by atoms with Crippen LogP contribution in [0.3, 0.4) is 0 Å². The predicted molar refractivity (Wildman–Crippen MR) is 116 cm³/mol. The summed E-state index contributed by atoms with van der Waals surface area (Å²) in [6.07, 6.45) is 1.50. The van der Waals surface area contributed by atoms with E-state index in [-0.39, 0.29) is 11.7 Å². The molecule has 0 aliphatic carbocycles. The highest BCUT2D eigenvalue weighted by molar-refractivity contribution is 5.94. The van der Waals surface area contributed by atoms with E-state index in [0.717, 1.165) is 11.4 Å². The molecule has 3 heterocycles. The van der Waals surface area contributed by atoms with Crippen LogP contribution in [0.5, 0.6) is 5.75 Å². The fraction of sp³-hybridized carbons (Fsp3) is 0.227. The van der Waals surface area contributed by atoms with Crippen molar-refractivity contribution in [2.75, 3.05) is 38.2 Å². The zero-order valence-corrected chi connectivity index (χ0v) is 17.3. The number of rotatable bonds is 4. The van der Waals surface area contributed by atoms with Gasteiger partial charge in [-0.25, -0.2) is 14.4 Å². The molecule has 2 aromatic heterocycles. The number of anilines is 1. The molecule has 1 fully saturated rings. The van der Waals surface area contributed by atoms with Crippen LogP contribution in [0, 0.1) is 5.82 Å². The Morgan fingerprint density at radius 2 is 1.69 bits per heavy atom. The van der Waals surface area contributed by atoms with Gasteiger partial charge in [0.15, 0.2) is 17.0 Å². The van der Waals surface area contributed by atoms with Crippen molar-refractivity contribution in [2.24, 2.45) is 0 Å². The summed E-state index contributed by atoms with van der Waals surface area (Å²) < 4.78 is 20.0. The van der Waals surface area contributed by atoms with Crippen molar-refractivity contribution in [1.82, 2.24) is 29.9 Å². The van der Waals surface area contributed by atoms with Crippen molar-refractivity contribution < 1.29 is 13.9 Å². The number of carbonyl (C=O) groups is 1. The fourth-order valence-electron chi connectivity index (χ4n) is 3.76. The Bertz CT molecular complexity index is 1250. The first kappa shape index (κ1) is 19.9. The van der Waals surface area contributed by atoms with Crippen molar-refractivity contribution in [1.29, 1.82) is 0 Å². The lowest BCUT2D eigenvalue weighted by molar-refractivity contribution is 0.0746. The summed E-state index contributed by atoms with van der Waals surface area (Å²) >= 11 is 0. The molecule has 5 rings (SSSR count). The van der Waals surface area contributed by atoms with E-state index in [4.69, 9.17) is 4.74 Å². The second-order valence-electron chi connectivity index (χ2n) is 7.35. The Morgan fingerprint density at radius 1 is 0.969 bits per heavy atom. The minimum Gasteiger partial charge on any atom is -0.497 e. The second kappa shape index (κ2) is 8.22. The van der Waals surface area contributed by atoms with Crippen LogP contribution in [0.1, 0.15) is 10.4 Å². The van der Waals surface area contributed by atoms with E-state index in [1.54, 1.807) is 16.7 Å². The minimum absolute atomic E-state index is 0.108. The molecule has 32 heavy (non-hydrogen) atoms. The van der Waals surface area contributed by atoms with Crippen LogP contribution in [0.25, 0.3) is 16.9 Å². The van der Waals surface area contributed by atoms with E-state index in [1.165, 1.54) is 30.6 Å².